The maximum Gasteiger partial charge on any atom is 0.407 e. The van der Waals surface area contributed by atoms with Gasteiger partial charge in [0.05, 0.1) is 0 Å². The quantitative estimate of drug-likeness (QED) is 0.783. The molecular weight excluding hydrogens is 300 g/mol. The fourth-order valence-electron chi connectivity index (χ4n) is 2.39. The van der Waals surface area contributed by atoms with Crippen molar-refractivity contribution in [2.75, 3.05) is 24.6 Å². The van der Waals surface area contributed by atoms with Crippen LogP contribution in [0.25, 0.3) is 0 Å². The van der Waals surface area contributed by atoms with Crippen molar-refractivity contribution < 1.29 is 13.7 Å². The predicted octanol–water partition coefficient (Wildman–Crippen LogP) is 2.28. The first kappa shape index (κ1) is 19.4. The van der Waals surface area contributed by atoms with Crippen molar-refractivity contribution >= 4 is 16.9 Å². The first-order valence-corrected chi connectivity index (χ1v) is 9.71. The van der Waals surface area contributed by atoms with Crippen molar-refractivity contribution in [3.63, 3.8) is 0 Å². The second kappa shape index (κ2) is 8.87. The first-order valence-electron chi connectivity index (χ1n) is 8.22. The summed E-state index contributed by atoms with van der Waals surface area (Å²) in [5.41, 5.74) is -0.465. The number of hydrogen-bond donors (Lipinski definition) is 2. The summed E-state index contributed by atoms with van der Waals surface area (Å²) in [7, 11) is -0.617. The monoisotopic (exact) mass is 332 g/mol. The largest absolute Gasteiger partial charge is 0.444 e. The van der Waals surface area contributed by atoms with Gasteiger partial charge in [-0.15, -0.1) is 0 Å². The minimum absolute atomic E-state index is 0.355. The molecule has 1 unspecified atom stereocenters. The molecule has 1 heterocycles. The van der Waals surface area contributed by atoms with Gasteiger partial charge in [0, 0.05) is 41.4 Å². The summed E-state index contributed by atoms with van der Waals surface area (Å²) in [6, 6.07) is 0.459. The molecule has 0 radical (unpaired) electrons. The van der Waals surface area contributed by atoms with Gasteiger partial charge in [-0.2, -0.15) is 0 Å². The maximum absolute atomic E-state index is 11.7. The molecule has 1 rings (SSSR count). The highest BCUT2D eigenvalue weighted by atomic mass is 32.2. The molecule has 0 bridgehead atoms. The molecule has 0 aliphatic carbocycles. The van der Waals surface area contributed by atoms with Crippen LogP contribution in [0.15, 0.2) is 0 Å². The second-order valence-corrected chi connectivity index (χ2v) is 9.11. The third-order valence-corrected chi connectivity index (χ3v) is 5.29. The Morgan fingerprint density at radius 1 is 1.23 bits per heavy atom. The fraction of sp³-hybridized carbons (Fsp3) is 0.938. The molecule has 0 saturated carbocycles. The Labute approximate surface area is 137 Å². The zero-order valence-electron chi connectivity index (χ0n) is 14.6. The van der Waals surface area contributed by atoms with E-state index in [0.29, 0.717) is 24.4 Å². The molecule has 1 fully saturated rings. The summed E-state index contributed by atoms with van der Waals surface area (Å²) >= 11 is 0. The highest BCUT2D eigenvalue weighted by molar-refractivity contribution is 7.85. The third kappa shape index (κ3) is 8.13. The Bertz CT molecular complexity index is 370. The van der Waals surface area contributed by atoms with Gasteiger partial charge in [-0.1, -0.05) is 13.8 Å². The van der Waals surface area contributed by atoms with E-state index in [4.69, 9.17) is 4.74 Å². The van der Waals surface area contributed by atoms with Crippen molar-refractivity contribution in [2.45, 2.75) is 59.1 Å². The van der Waals surface area contributed by atoms with Crippen LogP contribution in [0.2, 0.25) is 0 Å². The first-order chi connectivity index (χ1) is 10.2. The lowest BCUT2D eigenvalue weighted by Crippen LogP contribution is -2.43. The van der Waals surface area contributed by atoms with Crippen LogP contribution in [0.4, 0.5) is 4.79 Å². The Morgan fingerprint density at radius 2 is 1.82 bits per heavy atom. The average molecular weight is 333 g/mol. The Kier molecular flexibility index (Phi) is 7.83. The van der Waals surface area contributed by atoms with E-state index >= 15 is 0 Å². The van der Waals surface area contributed by atoms with Gasteiger partial charge in [-0.25, -0.2) is 4.79 Å². The van der Waals surface area contributed by atoms with Gasteiger partial charge in [0.2, 0.25) is 0 Å². The molecule has 1 saturated heterocycles. The molecule has 1 aliphatic heterocycles. The minimum atomic E-state index is -0.617. The number of alkyl carbamates (subject to hydrolysis) is 1. The van der Waals surface area contributed by atoms with Crippen molar-refractivity contribution in [3.05, 3.63) is 0 Å². The lowest BCUT2D eigenvalue weighted by molar-refractivity contribution is 0.0514. The number of rotatable bonds is 6. The second-order valence-electron chi connectivity index (χ2n) is 7.42. The Hall–Kier alpha value is -0.620. The lowest BCUT2D eigenvalue weighted by atomic mass is 9.95. The molecule has 1 amide bonds. The van der Waals surface area contributed by atoms with Gasteiger partial charge in [0.25, 0.3) is 0 Å². The minimum Gasteiger partial charge on any atom is -0.444 e. The number of nitrogens with one attached hydrogen (secondary N) is 2. The van der Waals surface area contributed by atoms with Crippen molar-refractivity contribution in [3.8, 4) is 0 Å². The summed E-state index contributed by atoms with van der Waals surface area (Å²) in [6.45, 7) is 11.4. The SMILES string of the molecule is CC(C)C(CNC(=O)OC(C)(C)C)CNC1CCS(=O)CC1. The number of amides is 1. The molecule has 22 heavy (non-hydrogen) atoms. The van der Waals surface area contributed by atoms with Gasteiger partial charge in [0.1, 0.15) is 5.60 Å². The van der Waals surface area contributed by atoms with Gasteiger partial charge in [-0.3, -0.25) is 4.21 Å². The van der Waals surface area contributed by atoms with E-state index in [2.05, 4.69) is 24.5 Å². The third-order valence-electron chi connectivity index (χ3n) is 3.91. The van der Waals surface area contributed by atoms with E-state index in [1.165, 1.54) is 0 Å². The van der Waals surface area contributed by atoms with Gasteiger partial charge < -0.3 is 15.4 Å². The number of ether oxygens (including phenoxy) is 1. The van der Waals surface area contributed by atoms with E-state index in [-0.39, 0.29) is 6.09 Å². The van der Waals surface area contributed by atoms with Crippen molar-refractivity contribution in [1.82, 2.24) is 10.6 Å². The lowest BCUT2D eigenvalue weighted by Gasteiger charge is -2.28. The molecule has 0 aromatic rings. The van der Waals surface area contributed by atoms with E-state index in [1.807, 2.05) is 20.8 Å². The molecule has 0 spiro atoms. The Balaban J connectivity index is 2.33. The van der Waals surface area contributed by atoms with Crippen LogP contribution in [-0.2, 0) is 15.5 Å². The van der Waals surface area contributed by atoms with E-state index < -0.39 is 16.4 Å². The van der Waals surface area contributed by atoms with Crippen molar-refractivity contribution in [2.24, 2.45) is 11.8 Å². The Morgan fingerprint density at radius 3 is 2.32 bits per heavy atom. The van der Waals surface area contributed by atoms with Crippen LogP contribution < -0.4 is 10.6 Å². The smallest absolute Gasteiger partial charge is 0.407 e. The summed E-state index contributed by atoms with van der Waals surface area (Å²) in [5, 5.41) is 6.43. The molecule has 130 valence electrons. The molecule has 0 aromatic carbocycles. The topological polar surface area (TPSA) is 67.4 Å². The number of carbonyl (C=O) groups excluding carboxylic acids is 1. The van der Waals surface area contributed by atoms with Crippen LogP contribution in [0.3, 0.4) is 0 Å². The van der Waals surface area contributed by atoms with Gasteiger partial charge >= 0.3 is 6.09 Å². The molecule has 1 aliphatic rings. The summed E-state index contributed by atoms with van der Waals surface area (Å²) in [6.07, 6.45) is 1.61. The molecule has 5 nitrogen and oxygen atoms in total. The zero-order valence-corrected chi connectivity index (χ0v) is 15.4. The summed E-state index contributed by atoms with van der Waals surface area (Å²) in [5.74, 6) is 2.44. The normalized spacial score (nSPS) is 24.1. The summed E-state index contributed by atoms with van der Waals surface area (Å²) in [4.78, 5) is 11.7. The van der Waals surface area contributed by atoms with Crippen LogP contribution in [0.1, 0.15) is 47.5 Å². The zero-order chi connectivity index (χ0) is 16.8. The molecule has 6 heteroatoms. The number of carbonyl (C=O) groups is 1. The number of hydrogen-bond acceptors (Lipinski definition) is 4. The highest BCUT2D eigenvalue weighted by Crippen LogP contribution is 2.13. The van der Waals surface area contributed by atoms with Gasteiger partial charge in [0.15, 0.2) is 0 Å². The van der Waals surface area contributed by atoms with Crippen LogP contribution in [-0.4, -0.2) is 46.5 Å². The highest BCUT2D eigenvalue weighted by Gasteiger charge is 2.22. The van der Waals surface area contributed by atoms with E-state index in [0.717, 1.165) is 30.9 Å². The fourth-order valence-corrected chi connectivity index (χ4v) is 3.69. The predicted molar refractivity (Wildman–Crippen MR) is 91.5 cm³/mol. The molecule has 2 N–H and O–H groups in total. The van der Waals surface area contributed by atoms with Crippen LogP contribution in [0.5, 0.6) is 0 Å². The maximum atomic E-state index is 11.7. The van der Waals surface area contributed by atoms with Crippen LogP contribution in [0, 0.1) is 11.8 Å². The molecule has 1 atom stereocenters. The standard InChI is InChI=1S/C16H32N2O3S/c1-12(2)13(11-18-15(19)21-16(3,4)5)10-17-14-6-8-22(20)9-7-14/h12-14,17H,6-11H2,1-5H3,(H,18,19). The summed E-state index contributed by atoms with van der Waals surface area (Å²) < 4.78 is 16.6. The van der Waals surface area contributed by atoms with E-state index in [1.54, 1.807) is 0 Å². The van der Waals surface area contributed by atoms with Crippen molar-refractivity contribution in [1.29, 1.82) is 0 Å². The molecule has 0 aromatic heterocycles. The average Bonchev–Trinajstić information content (AvgIpc) is 2.38. The van der Waals surface area contributed by atoms with Gasteiger partial charge in [-0.05, 0) is 45.4 Å². The molecular formula is C16H32N2O3S. The van der Waals surface area contributed by atoms with Crippen LogP contribution >= 0.6 is 0 Å². The van der Waals surface area contributed by atoms with E-state index in [9.17, 15) is 9.00 Å².